The second kappa shape index (κ2) is 9.22. The number of hydrogen-bond donors (Lipinski definition) is 4. The summed E-state index contributed by atoms with van der Waals surface area (Å²) >= 11 is 0. The van der Waals surface area contributed by atoms with E-state index in [1.165, 1.54) is 13.1 Å². The summed E-state index contributed by atoms with van der Waals surface area (Å²) in [5, 5.41) is 16.8. The fraction of sp³-hybridized carbons (Fsp3) is 0.421. The van der Waals surface area contributed by atoms with Gasteiger partial charge in [0.15, 0.2) is 5.96 Å². The summed E-state index contributed by atoms with van der Waals surface area (Å²) in [4.78, 5) is 4.66. The molecule has 0 saturated heterocycles. The van der Waals surface area contributed by atoms with E-state index in [-0.39, 0.29) is 18.0 Å². The van der Waals surface area contributed by atoms with Crippen molar-refractivity contribution >= 4 is 16.0 Å². The van der Waals surface area contributed by atoms with Crippen LogP contribution in [-0.4, -0.2) is 39.6 Å². The van der Waals surface area contributed by atoms with Crippen molar-refractivity contribution in [2.45, 2.75) is 37.8 Å². The van der Waals surface area contributed by atoms with Crippen LogP contribution in [0, 0.1) is 6.92 Å². The number of nitrogens with zero attached hydrogens (tertiary/aromatic N) is 1. The normalized spacial score (nSPS) is 14.5. The molecule has 0 bridgehead atoms. The molecule has 0 spiro atoms. The Morgan fingerprint density at radius 3 is 2.61 bits per heavy atom. The standard InChI is InChI=1S/C19H28N4O4S/c1-5-21-18(23-13-19(3,24)17-10-9-14(2)27-17)22-12-15-7-6-8-16(11-15)28(25,26)20-4/h6-11,20,24H,5,12-13H2,1-4H3,(H2,21,22,23). The van der Waals surface area contributed by atoms with Crippen molar-refractivity contribution in [1.82, 2.24) is 15.4 Å². The Labute approximate surface area is 166 Å². The maximum Gasteiger partial charge on any atom is 0.240 e. The summed E-state index contributed by atoms with van der Waals surface area (Å²) in [7, 11) is -2.13. The van der Waals surface area contributed by atoms with Crippen LogP contribution in [0.25, 0.3) is 0 Å². The number of sulfonamides is 1. The van der Waals surface area contributed by atoms with Gasteiger partial charge in [-0.15, -0.1) is 0 Å². The molecule has 2 aromatic rings. The SMILES string of the molecule is CCNC(=NCc1cccc(S(=O)(=O)NC)c1)NCC(C)(O)c1ccc(C)o1. The highest BCUT2D eigenvalue weighted by Crippen LogP contribution is 2.21. The van der Waals surface area contributed by atoms with Gasteiger partial charge in [-0.05, 0) is 57.6 Å². The van der Waals surface area contributed by atoms with Gasteiger partial charge in [-0.2, -0.15) is 0 Å². The number of aryl methyl sites for hydroxylation is 1. The topological polar surface area (TPSA) is 116 Å². The number of hydrogen-bond acceptors (Lipinski definition) is 5. The summed E-state index contributed by atoms with van der Waals surface area (Å²) < 4.78 is 31.7. The first kappa shape index (κ1) is 21.9. The molecule has 0 aliphatic rings. The van der Waals surface area contributed by atoms with E-state index in [0.29, 0.717) is 18.3 Å². The average Bonchev–Trinajstić information content (AvgIpc) is 3.11. The van der Waals surface area contributed by atoms with Gasteiger partial charge in [-0.3, -0.25) is 0 Å². The van der Waals surface area contributed by atoms with E-state index < -0.39 is 15.6 Å². The minimum atomic E-state index is -3.50. The molecule has 1 heterocycles. The van der Waals surface area contributed by atoms with Gasteiger partial charge in [0.05, 0.1) is 18.0 Å². The van der Waals surface area contributed by atoms with E-state index in [2.05, 4.69) is 20.3 Å². The smallest absolute Gasteiger partial charge is 0.240 e. The predicted molar refractivity (Wildman–Crippen MR) is 109 cm³/mol. The lowest BCUT2D eigenvalue weighted by molar-refractivity contribution is 0.0378. The fourth-order valence-electron chi connectivity index (χ4n) is 2.51. The van der Waals surface area contributed by atoms with Gasteiger partial charge in [0.25, 0.3) is 0 Å². The lowest BCUT2D eigenvalue weighted by atomic mass is 10.0. The number of rotatable bonds is 8. The summed E-state index contributed by atoms with van der Waals surface area (Å²) in [5.41, 5.74) is -0.451. The fourth-order valence-corrected chi connectivity index (χ4v) is 3.31. The molecule has 0 fully saturated rings. The van der Waals surface area contributed by atoms with E-state index in [0.717, 1.165) is 11.3 Å². The van der Waals surface area contributed by atoms with Crippen LogP contribution in [0.15, 0.2) is 50.7 Å². The molecular weight excluding hydrogens is 380 g/mol. The minimum absolute atomic E-state index is 0.191. The largest absolute Gasteiger partial charge is 0.463 e. The van der Waals surface area contributed by atoms with Crippen LogP contribution >= 0.6 is 0 Å². The monoisotopic (exact) mass is 408 g/mol. The Morgan fingerprint density at radius 2 is 2.00 bits per heavy atom. The molecule has 4 N–H and O–H groups in total. The second-order valence-electron chi connectivity index (χ2n) is 6.59. The Kier molecular flexibility index (Phi) is 7.22. The number of aliphatic imine (C=N–C) groups is 1. The molecule has 8 nitrogen and oxygen atoms in total. The van der Waals surface area contributed by atoms with Crippen LogP contribution in [-0.2, 0) is 22.2 Å². The van der Waals surface area contributed by atoms with Crippen LogP contribution in [0.3, 0.4) is 0 Å². The highest BCUT2D eigenvalue weighted by atomic mass is 32.2. The zero-order valence-corrected chi connectivity index (χ0v) is 17.4. The van der Waals surface area contributed by atoms with Gasteiger partial charge in [-0.25, -0.2) is 18.1 Å². The van der Waals surface area contributed by atoms with Crippen LogP contribution < -0.4 is 15.4 Å². The van der Waals surface area contributed by atoms with Crippen molar-refractivity contribution < 1.29 is 17.9 Å². The van der Waals surface area contributed by atoms with Gasteiger partial charge in [0, 0.05) is 6.54 Å². The van der Waals surface area contributed by atoms with Crippen molar-refractivity contribution in [3.05, 3.63) is 53.5 Å². The molecule has 1 aromatic heterocycles. The lowest BCUT2D eigenvalue weighted by Gasteiger charge is -2.22. The van der Waals surface area contributed by atoms with E-state index in [1.807, 2.05) is 19.9 Å². The second-order valence-corrected chi connectivity index (χ2v) is 8.47. The average molecular weight is 409 g/mol. The third-order valence-corrected chi connectivity index (χ3v) is 5.52. The minimum Gasteiger partial charge on any atom is -0.463 e. The lowest BCUT2D eigenvalue weighted by Crippen LogP contribution is -2.44. The number of benzene rings is 1. The Morgan fingerprint density at radius 1 is 1.25 bits per heavy atom. The molecule has 1 unspecified atom stereocenters. The third-order valence-electron chi connectivity index (χ3n) is 4.11. The summed E-state index contributed by atoms with van der Waals surface area (Å²) in [6.07, 6.45) is 0. The van der Waals surface area contributed by atoms with Crippen molar-refractivity contribution in [3.8, 4) is 0 Å². The zero-order valence-electron chi connectivity index (χ0n) is 16.6. The maximum atomic E-state index is 11.9. The highest BCUT2D eigenvalue weighted by molar-refractivity contribution is 7.89. The van der Waals surface area contributed by atoms with E-state index in [4.69, 9.17) is 4.42 Å². The van der Waals surface area contributed by atoms with Crippen molar-refractivity contribution in [2.24, 2.45) is 4.99 Å². The Hall–Kier alpha value is -2.36. The van der Waals surface area contributed by atoms with Gasteiger partial charge in [-0.1, -0.05) is 12.1 Å². The Bertz CT molecular complexity index is 920. The molecule has 0 aliphatic carbocycles. The van der Waals surface area contributed by atoms with Gasteiger partial charge in [0.1, 0.15) is 17.1 Å². The molecule has 28 heavy (non-hydrogen) atoms. The third kappa shape index (κ3) is 5.82. The number of aliphatic hydroxyl groups is 1. The quantitative estimate of drug-likeness (QED) is 0.388. The van der Waals surface area contributed by atoms with Gasteiger partial charge >= 0.3 is 0 Å². The maximum absolute atomic E-state index is 11.9. The summed E-state index contributed by atoms with van der Waals surface area (Å²) in [6.45, 7) is 6.53. The molecule has 0 amide bonds. The molecule has 154 valence electrons. The number of furan rings is 1. The molecule has 0 aliphatic heterocycles. The molecule has 0 saturated carbocycles. The van der Waals surface area contributed by atoms with E-state index in [1.54, 1.807) is 31.2 Å². The predicted octanol–water partition coefficient (Wildman–Crippen LogP) is 1.46. The number of guanidine groups is 1. The molecular formula is C19H28N4O4S. The van der Waals surface area contributed by atoms with Gasteiger partial charge < -0.3 is 20.2 Å². The van der Waals surface area contributed by atoms with E-state index in [9.17, 15) is 13.5 Å². The van der Waals surface area contributed by atoms with Crippen LogP contribution in [0.4, 0.5) is 0 Å². The molecule has 9 heteroatoms. The van der Waals surface area contributed by atoms with Crippen LogP contribution in [0.2, 0.25) is 0 Å². The molecule has 0 radical (unpaired) electrons. The first-order chi connectivity index (χ1) is 13.2. The van der Waals surface area contributed by atoms with E-state index >= 15 is 0 Å². The zero-order chi connectivity index (χ0) is 20.8. The molecule has 2 rings (SSSR count). The number of nitrogens with one attached hydrogen (secondary N) is 3. The van der Waals surface area contributed by atoms with Crippen LogP contribution in [0.5, 0.6) is 0 Å². The Balaban J connectivity index is 2.09. The van der Waals surface area contributed by atoms with Crippen LogP contribution in [0.1, 0.15) is 30.9 Å². The highest BCUT2D eigenvalue weighted by Gasteiger charge is 2.27. The molecule has 1 aromatic carbocycles. The summed E-state index contributed by atoms with van der Waals surface area (Å²) in [5.74, 6) is 1.71. The van der Waals surface area contributed by atoms with Crippen molar-refractivity contribution in [2.75, 3.05) is 20.1 Å². The summed E-state index contributed by atoms with van der Waals surface area (Å²) in [6, 6.07) is 10.2. The van der Waals surface area contributed by atoms with Gasteiger partial charge in [0.2, 0.25) is 10.0 Å². The first-order valence-corrected chi connectivity index (χ1v) is 10.5. The van der Waals surface area contributed by atoms with Crippen molar-refractivity contribution in [3.63, 3.8) is 0 Å². The van der Waals surface area contributed by atoms with Crippen molar-refractivity contribution in [1.29, 1.82) is 0 Å². The first-order valence-electron chi connectivity index (χ1n) is 9.02. The molecule has 1 atom stereocenters.